The Bertz CT molecular complexity index is 770. The maximum absolute atomic E-state index is 12.1. The van der Waals surface area contributed by atoms with Gasteiger partial charge in [0.05, 0.1) is 0 Å². The number of aliphatic imine (C=N–C) groups is 1. The Labute approximate surface area is 162 Å². The van der Waals surface area contributed by atoms with Gasteiger partial charge in [-0.25, -0.2) is 0 Å². The standard InChI is InChI=1S/C22H30N4O/c1-4-13-24-21(27)19-12-8-9-17(14-19)15-25-22(23-3)26-16-20-11-7-6-10-18(20)5-2/h6-12,14H,4-5,13,15-16H2,1-3H3,(H,24,27)(H2,23,25,26). The molecule has 1 amide bonds. The molecule has 0 fully saturated rings. The summed E-state index contributed by atoms with van der Waals surface area (Å²) in [6.07, 6.45) is 1.94. The maximum atomic E-state index is 12.1. The van der Waals surface area contributed by atoms with Crippen LogP contribution in [0.1, 0.15) is 47.3 Å². The number of nitrogens with one attached hydrogen (secondary N) is 3. The highest BCUT2D eigenvalue weighted by molar-refractivity contribution is 5.94. The Morgan fingerprint density at radius 3 is 2.37 bits per heavy atom. The summed E-state index contributed by atoms with van der Waals surface area (Å²) < 4.78 is 0. The van der Waals surface area contributed by atoms with E-state index in [0.29, 0.717) is 18.7 Å². The minimum Gasteiger partial charge on any atom is -0.352 e. The van der Waals surface area contributed by atoms with Crippen LogP contribution in [-0.2, 0) is 19.5 Å². The highest BCUT2D eigenvalue weighted by atomic mass is 16.1. The molecule has 0 aliphatic heterocycles. The molecule has 3 N–H and O–H groups in total. The zero-order valence-electron chi connectivity index (χ0n) is 16.5. The molecule has 0 bridgehead atoms. The Morgan fingerprint density at radius 2 is 1.67 bits per heavy atom. The highest BCUT2D eigenvalue weighted by Crippen LogP contribution is 2.09. The number of benzene rings is 2. The van der Waals surface area contributed by atoms with Crippen LogP contribution in [0.3, 0.4) is 0 Å². The van der Waals surface area contributed by atoms with Gasteiger partial charge in [-0.05, 0) is 41.7 Å². The molecule has 0 radical (unpaired) electrons. The van der Waals surface area contributed by atoms with Crippen molar-refractivity contribution >= 4 is 11.9 Å². The molecule has 0 unspecified atom stereocenters. The molecular formula is C22H30N4O. The van der Waals surface area contributed by atoms with Crippen LogP contribution in [0.2, 0.25) is 0 Å². The average Bonchev–Trinajstić information content (AvgIpc) is 2.72. The molecule has 0 saturated heterocycles. The van der Waals surface area contributed by atoms with Gasteiger partial charge in [-0.3, -0.25) is 9.79 Å². The predicted octanol–water partition coefficient (Wildman–Crippen LogP) is 3.25. The van der Waals surface area contributed by atoms with E-state index in [0.717, 1.165) is 30.9 Å². The van der Waals surface area contributed by atoms with Gasteiger partial charge in [0.1, 0.15) is 0 Å². The van der Waals surface area contributed by atoms with Crippen LogP contribution >= 0.6 is 0 Å². The third-order valence-electron chi connectivity index (χ3n) is 4.35. The van der Waals surface area contributed by atoms with E-state index >= 15 is 0 Å². The first-order valence-corrected chi connectivity index (χ1v) is 9.56. The quantitative estimate of drug-likeness (QED) is 0.496. The van der Waals surface area contributed by atoms with E-state index < -0.39 is 0 Å². The van der Waals surface area contributed by atoms with E-state index in [4.69, 9.17) is 0 Å². The summed E-state index contributed by atoms with van der Waals surface area (Å²) in [6, 6.07) is 16.1. The Hall–Kier alpha value is -2.82. The average molecular weight is 367 g/mol. The van der Waals surface area contributed by atoms with E-state index in [1.165, 1.54) is 11.1 Å². The largest absolute Gasteiger partial charge is 0.352 e. The number of hydrogen-bond donors (Lipinski definition) is 3. The van der Waals surface area contributed by atoms with Crippen molar-refractivity contribution in [3.63, 3.8) is 0 Å². The van der Waals surface area contributed by atoms with Gasteiger partial charge in [-0.1, -0.05) is 50.2 Å². The fourth-order valence-corrected chi connectivity index (χ4v) is 2.82. The second-order valence-corrected chi connectivity index (χ2v) is 6.36. The molecule has 144 valence electrons. The van der Waals surface area contributed by atoms with Gasteiger partial charge in [-0.15, -0.1) is 0 Å². The van der Waals surface area contributed by atoms with Gasteiger partial charge in [-0.2, -0.15) is 0 Å². The molecule has 0 aliphatic rings. The van der Waals surface area contributed by atoms with Crippen molar-refractivity contribution in [1.82, 2.24) is 16.0 Å². The summed E-state index contributed by atoms with van der Waals surface area (Å²) in [5.74, 6) is 0.708. The first-order valence-electron chi connectivity index (χ1n) is 9.56. The van der Waals surface area contributed by atoms with Crippen molar-refractivity contribution < 1.29 is 4.79 Å². The van der Waals surface area contributed by atoms with Gasteiger partial charge in [0.15, 0.2) is 5.96 Å². The number of guanidine groups is 1. The van der Waals surface area contributed by atoms with Crippen LogP contribution in [0.5, 0.6) is 0 Å². The maximum Gasteiger partial charge on any atom is 0.251 e. The lowest BCUT2D eigenvalue weighted by atomic mass is 10.1. The Morgan fingerprint density at radius 1 is 0.926 bits per heavy atom. The first-order chi connectivity index (χ1) is 13.2. The zero-order valence-corrected chi connectivity index (χ0v) is 16.5. The number of amides is 1. The second-order valence-electron chi connectivity index (χ2n) is 6.36. The van der Waals surface area contributed by atoms with Crippen molar-refractivity contribution in [3.8, 4) is 0 Å². The topological polar surface area (TPSA) is 65.5 Å². The van der Waals surface area contributed by atoms with Crippen molar-refractivity contribution in [2.75, 3.05) is 13.6 Å². The van der Waals surface area contributed by atoms with Crippen LogP contribution in [0.15, 0.2) is 53.5 Å². The Kier molecular flexibility index (Phi) is 8.36. The van der Waals surface area contributed by atoms with E-state index in [1.807, 2.05) is 31.2 Å². The minimum absolute atomic E-state index is 0.0302. The fourth-order valence-electron chi connectivity index (χ4n) is 2.82. The predicted molar refractivity (Wildman–Crippen MR) is 112 cm³/mol. The van der Waals surface area contributed by atoms with Crippen LogP contribution in [0, 0.1) is 0 Å². The third-order valence-corrected chi connectivity index (χ3v) is 4.35. The molecular weight excluding hydrogens is 336 g/mol. The van der Waals surface area contributed by atoms with Gasteiger partial charge in [0.25, 0.3) is 5.91 Å². The summed E-state index contributed by atoms with van der Waals surface area (Å²) >= 11 is 0. The molecule has 2 aromatic rings. The SMILES string of the molecule is CCCNC(=O)c1cccc(CNC(=NC)NCc2ccccc2CC)c1. The van der Waals surface area contributed by atoms with Gasteiger partial charge in [0.2, 0.25) is 0 Å². The van der Waals surface area contributed by atoms with Crippen LogP contribution < -0.4 is 16.0 Å². The number of aryl methyl sites for hydroxylation is 1. The molecule has 5 heteroatoms. The number of hydrogen-bond acceptors (Lipinski definition) is 2. The van der Waals surface area contributed by atoms with Crippen molar-refractivity contribution in [2.45, 2.75) is 39.8 Å². The molecule has 0 heterocycles. The number of carbonyl (C=O) groups is 1. The second kappa shape index (κ2) is 11.0. The van der Waals surface area contributed by atoms with E-state index in [1.54, 1.807) is 7.05 Å². The lowest BCUT2D eigenvalue weighted by Crippen LogP contribution is -2.36. The molecule has 2 aromatic carbocycles. The fraction of sp³-hybridized carbons (Fsp3) is 0.364. The lowest BCUT2D eigenvalue weighted by Gasteiger charge is -2.14. The van der Waals surface area contributed by atoms with E-state index in [-0.39, 0.29) is 5.91 Å². The first kappa shape index (κ1) is 20.5. The third kappa shape index (κ3) is 6.44. The van der Waals surface area contributed by atoms with Gasteiger partial charge >= 0.3 is 0 Å². The summed E-state index contributed by atoms with van der Waals surface area (Å²) in [7, 11) is 1.76. The number of rotatable bonds is 8. The molecule has 27 heavy (non-hydrogen) atoms. The van der Waals surface area contributed by atoms with Crippen molar-refractivity contribution in [2.24, 2.45) is 4.99 Å². The van der Waals surface area contributed by atoms with Gasteiger partial charge in [0, 0.05) is 32.2 Å². The minimum atomic E-state index is -0.0302. The van der Waals surface area contributed by atoms with Gasteiger partial charge < -0.3 is 16.0 Å². The summed E-state index contributed by atoms with van der Waals surface area (Å²) in [5.41, 5.74) is 4.34. The van der Waals surface area contributed by atoms with Crippen molar-refractivity contribution in [1.29, 1.82) is 0 Å². The summed E-state index contributed by atoms with van der Waals surface area (Å²) in [6.45, 7) is 6.22. The van der Waals surface area contributed by atoms with E-state index in [2.05, 4.69) is 52.1 Å². The number of carbonyl (C=O) groups excluding carboxylic acids is 1. The van der Waals surface area contributed by atoms with Crippen LogP contribution in [0.4, 0.5) is 0 Å². The normalized spacial score (nSPS) is 11.1. The molecule has 2 rings (SSSR count). The summed E-state index contributed by atoms with van der Waals surface area (Å²) in [4.78, 5) is 16.4. The Balaban J connectivity index is 1.91. The molecule has 0 aliphatic carbocycles. The number of nitrogens with zero attached hydrogens (tertiary/aromatic N) is 1. The monoisotopic (exact) mass is 366 g/mol. The molecule has 0 saturated carbocycles. The molecule has 0 spiro atoms. The smallest absolute Gasteiger partial charge is 0.251 e. The lowest BCUT2D eigenvalue weighted by molar-refractivity contribution is 0.0953. The molecule has 5 nitrogen and oxygen atoms in total. The zero-order chi connectivity index (χ0) is 19.5. The van der Waals surface area contributed by atoms with Crippen LogP contribution in [0.25, 0.3) is 0 Å². The highest BCUT2D eigenvalue weighted by Gasteiger charge is 2.06. The summed E-state index contributed by atoms with van der Waals surface area (Å²) in [5, 5.41) is 9.57. The molecule has 0 aromatic heterocycles. The van der Waals surface area contributed by atoms with Crippen molar-refractivity contribution in [3.05, 3.63) is 70.8 Å². The van der Waals surface area contributed by atoms with Crippen LogP contribution in [-0.4, -0.2) is 25.5 Å². The van der Waals surface area contributed by atoms with E-state index in [9.17, 15) is 4.79 Å². The molecule has 0 atom stereocenters.